The molecule has 3 N–H and O–H groups in total. The van der Waals surface area contributed by atoms with E-state index in [4.69, 9.17) is 10.5 Å². The predicted molar refractivity (Wildman–Crippen MR) is 57.0 cm³/mol. The van der Waals surface area contributed by atoms with E-state index in [9.17, 15) is 4.79 Å². The van der Waals surface area contributed by atoms with Crippen LogP contribution in [-0.4, -0.2) is 31.7 Å². The highest BCUT2D eigenvalue weighted by molar-refractivity contribution is 5.77. The molecule has 1 unspecified atom stereocenters. The van der Waals surface area contributed by atoms with E-state index in [0.717, 1.165) is 19.3 Å². The molecule has 0 saturated heterocycles. The minimum Gasteiger partial charge on any atom is -0.372 e. The minimum atomic E-state index is -0.0539. The number of carbonyl (C=O) groups is 1. The van der Waals surface area contributed by atoms with Gasteiger partial charge in [-0.1, -0.05) is 13.3 Å². The van der Waals surface area contributed by atoms with E-state index in [-0.39, 0.29) is 18.6 Å². The molecule has 1 atom stereocenters. The first-order chi connectivity index (χ1) is 6.66. The highest BCUT2D eigenvalue weighted by Gasteiger charge is 2.00. The first kappa shape index (κ1) is 13.4. The summed E-state index contributed by atoms with van der Waals surface area (Å²) in [5.41, 5.74) is 5.54. The monoisotopic (exact) mass is 202 g/mol. The summed E-state index contributed by atoms with van der Waals surface area (Å²) >= 11 is 0. The van der Waals surface area contributed by atoms with Gasteiger partial charge in [-0.15, -0.1) is 0 Å². The van der Waals surface area contributed by atoms with Crippen LogP contribution in [0.1, 0.15) is 33.1 Å². The van der Waals surface area contributed by atoms with Crippen molar-refractivity contribution in [3.63, 3.8) is 0 Å². The van der Waals surface area contributed by atoms with Crippen molar-refractivity contribution >= 4 is 5.91 Å². The van der Waals surface area contributed by atoms with Crippen LogP contribution in [0.15, 0.2) is 0 Å². The van der Waals surface area contributed by atoms with Crippen molar-refractivity contribution in [3.05, 3.63) is 0 Å². The average Bonchev–Trinajstić information content (AvgIpc) is 2.12. The Kier molecular flexibility index (Phi) is 8.57. The first-order valence-corrected chi connectivity index (χ1v) is 5.26. The molecule has 0 spiro atoms. The Morgan fingerprint density at radius 3 is 2.86 bits per heavy atom. The Morgan fingerprint density at radius 2 is 2.29 bits per heavy atom. The van der Waals surface area contributed by atoms with Crippen LogP contribution < -0.4 is 11.1 Å². The predicted octanol–water partition coefficient (Wildman–Crippen LogP) is 0.657. The molecule has 0 aromatic heterocycles. The highest BCUT2D eigenvalue weighted by Crippen LogP contribution is 1.87. The van der Waals surface area contributed by atoms with Gasteiger partial charge in [0.05, 0.1) is 0 Å². The fourth-order valence-electron chi connectivity index (χ4n) is 0.902. The maximum Gasteiger partial charge on any atom is 0.245 e. The normalized spacial score (nSPS) is 12.5. The van der Waals surface area contributed by atoms with Gasteiger partial charge in [-0.25, -0.2) is 0 Å². The summed E-state index contributed by atoms with van der Waals surface area (Å²) in [5, 5.41) is 2.75. The lowest BCUT2D eigenvalue weighted by molar-refractivity contribution is -0.125. The fraction of sp³-hybridized carbons (Fsp3) is 0.900. The summed E-state index contributed by atoms with van der Waals surface area (Å²) in [7, 11) is 0. The largest absolute Gasteiger partial charge is 0.372 e. The van der Waals surface area contributed by atoms with Gasteiger partial charge in [0.2, 0.25) is 5.91 Å². The van der Waals surface area contributed by atoms with Crippen LogP contribution in [0.5, 0.6) is 0 Å². The molecule has 0 fully saturated rings. The zero-order valence-corrected chi connectivity index (χ0v) is 9.21. The molecule has 0 heterocycles. The van der Waals surface area contributed by atoms with Crippen molar-refractivity contribution in [2.45, 2.75) is 39.2 Å². The van der Waals surface area contributed by atoms with E-state index in [1.807, 2.05) is 6.92 Å². The summed E-state index contributed by atoms with van der Waals surface area (Å²) in [5.74, 6) is -0.0539. The maximum absolute atomic E-state index is 11.1. The Bertz CT molecular complexity index is 149. The van der Waals surface area contributed by atoms with Gasteiger partial charge in [-0.3, -0.25) is 4.79 Å². The van der Waals surface area contributed by atoms with Crippen molar-refractivity contribution in [3.8, 4) is 0 Å². The van der Waals surface area contributed by atoms with E-state index >= 15 is 0 Å². The summed E-state index contributed by atoms with van der Waals surface area (Å²) in [6.45, 7) is 5.47. The van der Waals surface area contributed by atoms with Gasteiger partial charge in [-0.2, -0.15) is 0 Å². The smallest absolute Gasteiger partial charge is 0.245 e. The highest BCUT2D eigenvalue weighted by atomic mass is 16.5. The second-order valence-corrected chi connectivity index (χ2v) is 3.52. The van der Waals surface area contributed by atoms with Gasteiger partial charge in [0.15, 0.2) is 0 Å². The van der Waals surface area contributed by atoms with Crippen molar-refractivity contribution < 1.29 is 9.53 Å². The van der Waals surface area contributed by atoms with Crippen LogP contribution in [0, 0.1) is 0 Å². The lowest BCUT2D eigenvalue weighted by Crippen LogP contribution is -2.31. The molecule has 84 valence electrons. The lowest BCUT2D eigenvalue weighted by atomic mass is 10.2. The molecule has 0 aromatic carbocycles. The molecule has 0 aliphatic carbocycles. The number of carbonyl (C=O) groups excluding carboxylic acids is 1. The van der Waals surface area contributed by atoms with Gasteiger partial charge in [-0.05, 0) is 19.8 Å². The van der Waals surface area contributed by atoms with E-state index in [1.165, 1.54) is 0 Å². The molecule has 14 heavy (non-hydrogen) atoms. The second-order valence-electron chi connectivity index (χ2n) is 3.52. The van der Waals surface area contributed by atoms with E-state index in [2.05, 4.69) is 12.2 Å². The summed E-state index contributed by atoms with van der Waals surface area (Å²) < 4.78 is 5.15. The van der Waals surface area contributed by atoms with E-state index in [0.29, 0.717) is 13.2 Å². The fourth-order valence-corrected chi connectivity index (χ4v) is 0.902. The number of hydrogen-bond donors (Lipinski definition) is 2. The number of nitrogens with two attached hydrogens (primary N) is 1. The molecule has 0 bridgehead atoms. The van der Waals surface area contributed by atoms with Crippen molar-refractivity contribution in [1.82, 2.24) is 5.32 Å². The van der Waals surface area contributed by atoms with Gasteiger partial charge in [0.25, 0.3) is 0 Å². The molecular weight excluding hydrogens is 180 g/mol. The standard InChI is InChI=1S/C10H22N2O2/c1-3-4-7-14-8-10(13)12-6-5-9(2)11/h9H,3-8,11H2,1-2H3,(H,12,13). The van der Waals surface area contributed by atoms with Gasteiger partial charge in [0.1, 0.15) is 6.61 Å². The zero-order valence-electron chi connectivity index (χ0n) is 9.21. The molecule has 4 heteroatoms. The zero-order chi connectivity index (χ0) is 10.8. The van der Waals surface area contributed by atoms with Gasteiger partial charge < -0.3 is 15.8 Å². The third-order valence-electron chi connectivity index (χ3n) is 1.80. The maximum atomic E-state index is 11.1. The molecule has 0 rings (SSSR count). The Labute approximate surface area is 86.2 Å². The molecule has 1 amide bonds. The Balaban J connectivity index is 3.20. The van der Waals surface area contributed by atoms with Crippen LogP contribution in [0.25, 0.3) is 0 Å². The molecule has 0 aliphatic rings. The number of rotatable bonds is 8. The summed E-state index contributed by atoms with van der Waals surface area (Å²) in [4.78, 5) is 11.1. The van der Waals surface area contributed by atoms with Crippen LogP contribution in [-0.2, 0) is 9.53 Å². The average molecular weight is 202 g/mol. The Hall–Kier alpha value is -0.610. The topological polar surface area (TPSA) is 64.3 Å². The quantitative estimate of drug-likeness (QED) is 0.568. The number of nitrogens with one attached hydrogen (secondary N) is 1. The van der Waals surface area contributed by atoms with Crippen molar-refractivity contribution in [2.75, 3.05) is 19.8 Å². The number of hydrogen-bond acceptors (Lipinski definition) is 3. The van der Waals surface area contributed by atoms with Crippen LogP contribution in [0.2, 0.25) is 0 Å². The molecule has 0 radical (unpaired) electrons. The second kappa shape index (κ2) is 8.97. The van der Waals surface area contributed by atoms with Gasteiger partial charge >= 0.3 is 0 Å². The molecule has 0 aromatic rings. The first-order valence-electron chi connectivity index (χ1n) is 5.26. The SMILES string of the molecule is CCCCOCC(=O)NCCC(C)N. The molecule has 0 saturated carbocycles. The van der Waals surface area contributed by atoms with Gasteiger partial charge in [0, 0.05) is 19.2 Å². The molecule has 4 nitrogen and oxygen atoms in total. The minimum absolute atomic E-state index is 0.0539. The molecular formula is C10H22N2O2. The Morgan fingerprint density at radius 1 is 1.57 bits per heavy atom. The van der Waals surface area contributed by atoms with E-state index in [1.54, 1.807) is 0 Å². The molecule has 0 aliphatic heterocycles. The van der Waals surface area contributed by atoms with E-state index < -0.39 is 0 Å². The third-order valence-corrected chi connectivity index (χ3v) is 1.80. The van der Waals surface area contributed by atoms with Crippen LogP contribution >= 0.6 is 0 Å². The van der Waals surface area contributed by atoms with Crippen molar-refractivity contribution in [1.29, 1.82) is 0 Å². The third kappa shape index (κ3) is 9.48. The number of amides is 1. The lowest BCUT2D eigenvalue weighted by Gasteiger charge is -2.07. The van der Waals surface area contributed by atoms with Crippen LogP contribution in [0.3, 0.4) is 0 Å². The number of unbranched alkanes of at least 4 members (excludes halogenated alkanes) is 1. The van der Waals surface area contributed by atoms with Crippen molar-refractivity contribution in [2.24, 2.45) is 5.73 Å². The summed E-state index contributed by atoms with van der Waals surface area (Å²) in [6, 6.07) is 0.135. The summed E-state index contributed by atoms with van der Waals surface area (Å²) in [6.07, 6.45) is 2.90. The van der Waals surface area contributed by atoms with Crippen LogP contribution in [0.4, 0.5) is 0 Å². The number of ether oxygens (including phenoxy) is 1.